The van der Waals surface area contributed by atoms with Gasteiger partial charge in [-0.15, -0.1) is 11.3 Å². The maximum absolute atomic E-state index is 4.63. The summed E-state index contributed by atoms with van der Waals surface area (Å²) in [5, 5.41) is 4.69. The van der Waals surface area contributed by atoms with Crippen LogP contribution in [0.25, 0.3) is 10.2 Å². The van der Waals surface area contributed by atoms with E-state index in [0.29, 0.717) is 0 Å². The number of halogens is 1. The van der Waals surface area contributed by atoms with E-state index in [1.165, 1.54) is 9.71 Å². The van der Waals surface area contributed by atoms with E-state index in [2.05, 4.69) is 59.1 Å². The SMILES string of the molecule is CC(C)(C)NCCc1nc2ccc(Br)cc2s1. The minimum atomic E-state index is 0.180. The molecular formula is C13H17BrN2S. The van der Waals surface area contributed by atoms with E-state index in [9.17, 15) is 0 Å². The Hall–Kier alpha value is -0.450. The lowest BCUT2D eigenvalue weighted by atomic mass is 10.1. The molecule has 0 saturated heterocycles. The van der Waals surface area contributed by atoms with Gasteiger partial charge >= 0.3 is 0 Å². The zero-order chi connectivity index (χ0) is 12.5. The van der Waals surface area contributed by atoms with E-state index in [1.54, 1.807) is 11.3 Å². The van der Waals surface area contributed by atoms with Crippen LogP contribution < -0.4 is 5.32 Å². The zero-order valence-electron chi connectivity index (χ0n) is 10.4. The molecule has 0 atom stereocenters. The quantitative estimate of drug-likeness (QED) is 0.927. The van der Waals surface area contributed by atoms with Crippen LogP contribution in [-0.4, -0.2) is 17.1 Å². The molecule has 0 saturated carbocycles. The summed E-state index contributed by atoms with van der Waals surface area (Å²) in [7, 11) is 0. The van der Waals surface area contributed by atoms with Crippen LogP contribution in [0.4, 0.5) is 0 Å². The summed E-state index contributed by atoms with van der Waals surface area (Å²) in [5.74, 6) is 0. The first-order chi connectivity index (χ1) is 7.94. The van der Waals surface area contributed by atoms with Gasteiger partial charge in [-0.3, -0.25) is 0 Å². The normalized spacial score (nSPS) is 12.2. The van der Waals surface area contributed by atoms with E-state index in [4.69, 9.17) is 0 Å². The molecule has 92 valence electrons. The predicted molar refractivity (Wildman–Crippen MR) is 78.8 cm³/mol. The molecule has 1 aromatic heterocycles. The lowest BCUT2D eigenvalue weighted by Crippen LogP contribution is -2.37. The molecular weight excluding hydrogens is 296 g/mol. The maximum atomic E-state index is 4.63. The summed E-state index contributed by atoms with van der Waals surface area (Å²) >= 11 is 5.27. The van der Waals surface area contributed by atoms with Gasteiger partial charge in [-0.05, 0) is 39.0 Å². The molecule has 0 aliphatic heterocycles. The monoisotopic (exact) mass is 312 g/mol. The largest absolute Gasteiger partial charge is 0.312 e. The van der Waals surface area contributed by atoms with Crippen molar-refractivity contribution in [3.8, 4) is 0 Å². The molecule has 2 rings (SSSR count). The third kappa shape index (κ3) is 3.76. The smallest absolute Gasteiger partial charge is 0.0951 e. The Morgan fingerprint density at radius 3 is 2.82 bits per heavy atom. The Balaban J connectivity index is 2.05. The highest BCUT2D eigenvalue weighted by atomic mass is 79.9. The number of fused-ring (bicyclic) bond motifs is 1. The molecule has 1 heterocycles. The van der Waals surface area contributed by atoms with E-state index >= 15 is 0 Å². The first-order valence-corrected chi connectivity index (χ1v) is 7.35. The summed E-state index contributed by atoms with van der Waals surface area (Å²) in [4.78, 5) is 4.63. The highest BCUT2D eigenvalue weighted by molar-refractivity contribution is 9.10. The second-order valence-electron chi connectivity index (χ2n) is 5.15. The van der Waals surface area contributed by atoms with Gasteiger partial charge in [0.25, 0.3) is 0 Å². The fourth-order valence-corrected chi connectivity index (χ4v) is 3.12. The lowest BCUT2D eigenvalue weighted by molar-refractivity contribution is 0.429. The highest BCUT2D eigenvalue weighted by Gasteiger charge is 2.09. The van der Waals surface area contributed by atoms with Gasteiger partial charge in [0, 0.05) is 23.0 Å². The van der Waals surface area contributed by atoms with Crippen molar-refractivity contribution < 1.29 is 0 Å². The van der Waals surface area contributed by atoms with Crippen LogP contribution in [-0.2, 0) is 6.42 Å². The molecule has 4 heteroatoms. The Kier molecular flexibility index (Phi) is 3.85. The first kappa shape index (κ1) is 13.0. The molecule has 1 N–H and O–H groups in total. The number of aromatic nitrogens is 1. The molecule has 2 nitrogen and oxygen atoms in total. The lowest BCUT2D eigenvalue weighted by Gasteiger charge is -2.19. The fraction of sp³-hybridized carbons (Fsp3) is 0.462. The summed E-state index contributed by atoms with van der Waals surface area (Å²) in [5.41, 5.74) is 1.28. The number of nitrogens with zero attached hydrogens (tertiary/aromatic N) is 1. The van der Waals surface area contributed by atoms with Crippen molar-refractivity contribution in [3.05, 3.63) is 27.7 Å². The average Bonchev–Trinajstić information content (AvgIpc) is 2.57. The van der Waals surface area contributed by atoms with Gasteiger partial charge < -0.3 is 5.32 Å². The molecule has 0 fully saturated rings. The number of hydrogen-bond donors (Lipinski definition) is 1. The second kappa shape index (κ2) is 5.04. The van der Waals surface area contributed by atoms with Crippen molar-refractivity contribution in [1.29, 1.82) is 0 Å². The van der Waals surface area contributed by atoms with Crippen LogP contribution in [0.5, 0.6) is 0 Å². The first-order valence-electron chi connectivity index (χ1n) is 5.74. The Morgan fingerprint density at radius 2 is 2.12 bits per heavy atom. The molecule has 0 bridgehead atoms. The molecule has 0 aliphatic carbocycles. The zero-order valence-corrected chi connectivity index (χ0v) is 12.8. The Morgan fingerprint density at radius 1 is 1.35 bits per heavy atom. The fourth-order valence-electron chi connectivity index (χ4n) is 1.60. The summed E-state index contributed by atoms with van der Waals surface area (Å²) in [6, 6.07) is 6.24. The summed E-state index contributed by atoms with van der Waals surface area (Å²) in [6.07, 6.45) is 0.994. The predicted octanol–water partition coefficient (Wildman–Crippen LogP) is 3.99. The van der Waals surface area contributed by atoms with Gasteiger partial charge in [0.15, 0.2) is 0 Å². The van der Waals surface area contributed by atoms with Gasteiger partial charge in [0.05, 0.1) is 15.2 Å². The molecule has 0 aliphatic rings. The van der Waals surface area contributed by atoms with Gasteiger partial charge in [0.1, 0.15) is 0 Å². The third-order valence-electron chi connectivity index (χ3n) is 2.39. The van der Waals surface area contributed by atoms with Crippen molar-refractivity contribution in [2.75, 3.05) is 6.54 Å². The van der Waals surface area contributed by atoms with E-state index < -0.39 is 0 Å². The van der Waals surface area contributed by atoms with Gasteiger partial charge in [-0.1, -0.05) is 15.9 Å². The van der Waals surface area contributed by atoms with Crippen molar-refractivity contribution in [1.82, 2.24) is 10.3 Å². The topological polar surface area (TPSA) is 24.9 Å². The molecule has 1 aromatic carbocycles. The molecule has 17 heavy (non-hydrogen) atoms. The number of hydrogen-bond acceptors (Lipinski definition) is 3. The van der Waals surface area contributed by atoms with Crippen molar-refractivity contribution >= 4 is 37.5 Å². The second-order valence-corrected chi connectivity index (χ2v) is 7.18. The molecule has 0 radical (unpaired) electrons. The molecule has 0 amide bonds. The van der Waals surface area contributed by atoms with E-state index in [-0.39, 0.29) is 5.54 Å². The minimum absolute atomic E-state index is 0.180. The number of nitrogens with one attached hydrogen (secondary N) is 1. The average molecular weight is 313 g/mol. The van der Waals surface area contributed by atoms with Gasteiger partial charge in [0.2, 0.25) is 0 Å². The molecule has 0 spiro atoms. The third-order valence-corrected chi connectivity index (χ3v) is 3.96. The number of rotatable bonds is 3. The van der Waals surface area contributed by atoms with Gasteiger partial charge in [-0.2, -0.15) is 0 Å². The van der Waals surface area contributed by atoms with Crippen molar-refractivity contribution in [3.63, 3.8) is 0 Å². The molecule has 0 unspecified atom stereocenters. The maximum Gasteiger partial charge on any atom is 0.0951 e. The number of thiazole rings is 1. The minimum Gasteiger partial charge on any atom is -0.312 e. The Labute approximate surface area is 115 Å². The molecule has 2 aromatic rings. The van der Waals surface area contributed by atoms with E-state index in [1.807, 2.05) is 6.07 Å². The van der Waals surface area contributed by atoms with Crippen LogP contribution in [0, 0.1) is 0 Å². The van der Waals surface area contributed by atoms with Crippen molar-refractivity contribution in [2.45, 2.75) is 32.7 Å². The van der Waals surface area contributed by atoms with Crippen LogP contribution in [0.15, 0.2) is 22.7 Å². The highest BCUT2D eigenvalue weighted by Crippen LogP contribution is 2.25. The summed E-state index contributed by atoms with van der Waals surface area (Å²) in [6.45, 7) is 7.53. The Bertz CT molecular complexity index is 514. The standard InChI is InChI=1S/C13H17BrN2S/c1-13(2,3)15-7-6-12-16-10-5-4-9(14)8-11(10)17-12/h4-5,8,15H,6-7H2,1-3H3. The van der Waals surface area contributed by atoms with Crippen molar-refractivity contribution in [2.24, 2.45) is 0 Å². The van der Waals surface area contributed by atoms with Crippen LogP contribution in [0.2, 0.25) is 0 Å². The van der Waals surface area contributed by atoms with E-state index in [0.717, 1.165) is 23.0 Å². The summed E-state index contributed by atoms with van der Waals surface area (Å²) < 4.78 is 2.37. The van der Waals surface area contributed by atoms with Crippen LogP contribution >= 0.6 is 27.3 Å². The van der Waals surface area contributed by atoms with Crippen LogP contribution in [0.3, 0.4) is 0 Å². The van der Waals surface area contributed by atoms with Crippen LogP contribution in [0.1, 0.15) is 25.8 Å². The van der Waals surface area contributed by atoms with Gasteiger partial charge in [-0.25, -0.2) is 4.98 Å². The number of benzene rings is 1.